The van der Waals surface area contributed by atoms with Crippen molar-refractivity contribution in [1.29, 1.82) is 0 Å². The maximum Gasteiger partial charge on any atom is 0.259 e. The number of aryl methyl sites for hydroxylation is 1. The molecule has 3 heterocycles. The molecular weight excluding hydrogens is 316 g/mol. The van der Waals surface area contributed by atoms with E-state index in [1.165, 1.54) is 6.07 Å². The zero-order valence-corrected chi connectivity index (χ0v) is 15.6. The summed E-state index contributed by atoms with van der Waals surface area (Å²) in [7, 11) is 2.18. The Bertz CT molecular complexity index is 656. The van der Waals surface area contributed by atoms with Gasteiger partial charge in [-0.2, -0.15) is 0 Å². The molecule has 25 heavy (non-hydrogen) atoms. The number of amides is 1. The minimum atomic E-state index is -0.186. The Morgan fingerprint density at radius 3 is 2.40 bits per heavy atom. The number of H-pyrrole nitrogens is 1. The van der Waals surface area contributed by atoms with Gasteiger partial charge in [0.05, 0.1) is 0 Å². The van der Waals surface area contributed by atoms with Crippen LogP contribution in [0.4, 0.5) is 0 Å². The first-order valence-electron chi connectivity index (χ1n) is 9.37. The Morgan fingerprint density at radius 1 is 1.16 bits per heavy atom. The van der Waals surface area contributed by atoms with Crippen molar-refractivity contribution in [3.05, 3.63) is 33.7 Å². The number of rotatable bonds is 3. The van der Waals surface area contributed by atoms with Gasteiger partial charge in [-0.25, -0.2) is 0 Å². The molecule has 6 heteroatoms. The van der Waals surface area contributed by atoms with Gasteiger partial charge in [0.15, 0.2) is 5.43 Å². The maximum atomic E-state index is 12.6. The fourth-order valence-electron chi connectivity index (χ4n) is 4.02. The van der Waals surface area contributed by atoms with Crippen LogP contribution >= 0.6 is 0 Å². The molecule has 138 valence electrons. The van der Waals surface area contributed by atoms with Crippen molar-refractivity contribution in [2.75, 3.05) is 46.3 Å². The van der Waals surface area contributed by atoms with Crippen molar-refractivity contribution in [2.45, 2.75) is 32.7 Å². The third kappa shape index (κ3) is 4.12. The maximum absolute atomic E-state index is 12.6. The molecule has 1 amide bonds. The number of carbonyl (C=O) groups is 1. The monoisotopic (exact) mass is 346 g/mol. The van der Waals surface area contributed by atoms with Crippen molar-refractivity contribution in [1.82, 2.24) is 19.7 Å². The van der Waals surface area contributed by atoms with E-state index in [9.17, 15) is 9.59 Å². The highest BCUT2D eigenvalue weighted by Gasteiger charge is 2.31. The van der Waals surface area contributed by atoms with Crippen LogP contribution in [0.1, 0.15) is 35.8 Å². The second-order valence-corrected chi connectivity index (χ2v) is 7.60. The number of nitrogens with one attached hydrogen (secondary N) is 1. The third-order valence-electron chi connectivity index (χ3n) is 5.91. The summed E-state index contributed by atoms with van der Waals surface area (Å²) in [6, 6.07) is 2.06. The molecule has 2 aliphatic rings. The third-order valence-corrected chi connectivity index (χ3v) is 5.91. The van der Waals surface area contributed by atoms with Crippen molar-refractivity contribution in [3.63, 3.8) is 0 Å². The van der Waals surface area contributed by atoms with Crippen LogP contribution in [-0.4, -0.2) is 77.9 Å². The Morgan fingerprint density at radius 2 is 1.80 bits per heavy atom. The smallest absolute Gasteiger partial charge is 0.259 e. The van der Waals surface area contributed by atoms with Gasteiger partial charge in [-0.15, -0.1) is 0 Å². The van der Waals surface area contributed by atoms with Crippen molar-refractivity contribution >= 4 is 5.91 Å². The fraction of sp³-hybridized carbons (Fsp3) is 0.684. The lowest BCUT2D eigenvalue weighted by Crippen LogP contribution is -2.52. The van der Waals surface area contributed by atoms with E-state index in [2.05, 4.69) is 28.8 Å². The molecule has 1 unspecified atom stereocenters. The topological polar surface area (TPSA) is 59.7 Å². The molecule has 0 bridgehead atoms. The molecule has 0 aliphatic carbocycles. The minimum Gasteiger partial charge on any atom is -0.364 e. The molecule has 0 aromatic carbocycles. The Kier molecular flexibility index (Phi) is 5.59. The predicted octanol–water partition coefficient (Wildman–Crippen LogP) is 1.17. The highest BCUT2D eigenvalue weighted by atomic mass is 16.2. The van der Waals surface area contributed by atoms with Crippen LogP contribution in [0.15, 0.2) is 17.1 Å². The minimum absolute atomic E-state index is 0.132. The zero-order chi connectivity index (χ0) is 18.0. The van der Waals surface area contributed by atoms with Gasteiger partial charge in [0, 0.05) is 63.3 Å². The molecule has 1 atom stereocenters. The summed E-state index contributed by atoms with van der Waals surface area (Å²) in [5.41, 5.74) is 0.853. The van der Waals surface area contributed by atoms with Gasteiger partial charge < -0.3 is 14.8 Å². The number of piperidine rings is 1. The number of hydrogen-bond acceptors (Lipinski definition) is 4. The van der Waals surface area contributed by atoms with Gasteiger partial charge in [-0.3, -0.25) is 14.5 Å². The quantitative estimate of drug-likeness (QED) is 0.893. The summed E-state index contributed by atoms with van der Waals surface area (Å²) >= 11 is 0. The van der Waals surface area contributed by atoms with Gasteiger partial charge in [0.25, 0.3) is 5.91 Å². The molecule has 0 radical (unpaired) electrons. The Hall–Kier alpha value is -1.66. The van der Waals surface area contributed by atoms with E-state index < -0.39 is 0 Å². The summed E-state index contributed by atoms with van der Waals surface area (Å²) in [5, 5.41) is 0. The SMILES string of the molecule is Cc1cc(=O)c(C(=O)N2CCC(C(C)N3CCN(C)CC3)CC2)c[nH]1. The highest BCUT2D eigenvalue weighted by molar-refractivity contribution is 5.93. The highest BCUT2D eigenvalue weighted by Crippen LogP contribution is 2.25. The molecule has 2 fully saturated rings. The number of likely N-dealkylation sites (tertiary alicyclic amines) is 1. The summed E-state index contributed by atoms with van der Waals surface area (Å²) in [5.74, 6) is 0.496. The number of carbonyl (C=O) groups excluding carboxylic acids is 1. The van der Waals surface area contributed by atoms with Crippen LogP contribution in [0.3, 0.4) is 0 Å². The normalized spacial score (nSPS) is 22.1. The van der Waals surface area contributed by atoms with Crippen molar-refractivity contribution < 1.29 is 4.79 Å². The number of aromatic amines is 1. The van der Waals surface area contributed by atoms with Crippen LogP contribution < -0.4 is 5.43 Å². The molecule has 1 N–H and O–H groups in total. The van der Waals surface area contributed by atoms with E-state index in [-0.39, 0.29) is 16.9 Å². The summed E-state index contributed by atoms with van der Waals surface area (Å²) < 4.78 is 0. The van der Waals surface area contributed by atoms with Crippen LogP contribution in [0.5, 0.6) is 0 Å². The molecule has 3 rings (SSSR count). The van der Waals surface area contributed by atoms with Crippen molar-refractivity contribution in [2.24, 2.45) is 5.92 Å². The van der Waals surface area contributed by atoms with Gasteiger partial charge in [0.2, 0.25) is 0 Å². The van der Waals surface area contributed by atoms with Crippen LogP contribution in [0.25, 0.3) is 0 Å². The molecule has 0 spiro atoms. The fourth-order valence-corrected chi connectivity index (χ4v) is 4.02. The van der Waals surface area contributed by atoms with E-state index in [1.807, 2.05) is 11.8 Å². The van der Waals surface area contributed by atoms with Crippen LogP contribution in [0.2, 0.25) is 0 Å². The number of piperazine rings is 1. The number of likely N-dealkylation sites (N-methyl/N-ethyl adjacent to an activating group) is 1. The van der Waals surface area contributed by atoms with E-state index in [0.29, 0.717) is 12.0 Å². The molecule has 2 aliphatic heterocycles. The molecule has 0 saturated carbocycles. The lowest BCUT2D eigenvalue weighted by atomic mass is 9.89. The van der Waals surface area contributed by atoms with E-state index in [1.54, 1.807) is 6.20 Å². The molecule has 6 nitrogen and oxygen atoms in total. The lowest BCUT2D eigenvalue weighted by molar-refractivity contribution is 0.0499. The van der Waals surface area contributed by atoms with Gasteiger partial charge in [-0.05, 0) is 39.7 Å². The Labute approximate surface area is 149 Å². The zero-order valence-electron chi connectivity index (χ0n) is 15.6. The number of aromatic nitrogens is 1. The molecule has 1 aromatic heterocycles. The second kappa shape index (κ2) is 7.70. The van der Waals surface area contributed by atoms with Crippen molar-refractivity contribution in [3.8, 4) is 0 Å². The first-order chi connectivity index (χ1) is 12.0. The van der Waals surface area contributed by atoms with Crippen LogP contribution in [0, 0.1) is 12.8 Å². The predicted molar refractivity (Wildman–Crippen MR) is 99.0 cm³/mol. The molecular formula is C19H30N4O2. The first-order valence-corrected chi connectivity index (χ1v) is 9.37. The number of nitrogens with zero attached hydrogens (tertiary/aromatic N) is 3. The average Bonchev–Trinajstić information content (AvgIpc) is 2.61. The summed E-state index contributed by atoms with van der Waals surface area (Å²) in [6.45, 7) is 10.2. The van der Waals surface area contributed by atoms with Gasteiger partial charge in [-0.1, -0.05) is 0 Å². The summed E-state index contributed by atoms with van der Waals surface area (Å²) in [4.78, 5) is 34.5. The number of pyridine rings is 1. The van der Waals surface area contributed by atoms with E-state index in [0.717, 1.165) is 57.8 Å². The Balaban J connectivity index is 1.56. The number of hydrogen-bond donors (Lipinski definition) is 1. The summed E-state index contributed by atoms with van der Waals surface area (Å²) in [6.07, 6.45) is 3.59. The van der Waals surface area contributed by atoms with Gasteiger partial charge in [0.1, 0.15) is 5.56 Å². The molecule has 1 aromatic rings. The van der Waals surface area contributed by atoms with E-state index >= 15 is 0 Å². The lowest BCUT2D eigenvalue weighted by Gasteiger charge is -2.42. The largest absolute Gasteiger partial charge is 0.364 e. The van der Waals surface area contributed by atoms with Gasteiger partial charge >= 0.3 is 0 Å². The average molecular weight is 346 g/mol. The molecule has 2 saturated heterocycles. The van der Waals surface area contributed by atoms with E-state index in [4.69, 9.17) is 0 Å². The standard InChI is InChI=1S/C19H30N4O2/c1-14-12-18(24)17(13-20-14)19(25)23-6-4-16(5-7-23)15(2)22-10-8-21(3)9-11-22/h12-13,15-16H,4-11H2,1-3H3,(H,20,24). The van der Waals surface area contributed by atoms with Crippen LogP contribution in [-0.2, 0) is 0 Å². The first kappa shape index (κ1) is 18.1. The second-order valence-electron chi connectivity index (χ2n) is 7.60.